The third-order valence-corrected chi connectivity index (χ3v) is 5.48. The number of rotatable bonds is 4. The van der Waals surface area contributed by atoms with Crippen LogP contribution < -0.4 is 0 Å². The van der Waals surface area contributed by atoms with E-state index in [4.69, 9.17) is 0 Å². The Hall–Kier alpha value is -0.120. The molecule has 0 bridgehead atoms. The lowest BCUT2D eigenvalue weighted by atomic mass is 10.2. The molecule has 1 aliphatic heterocycles. The van der Waals surface area contributed by atoms with Gasteiger partial charge in [0, 0.05) is 30.1 Å². The van der Waals surface area contributed by atoms with Crippen LogP contribution in [0.25, 0.3) is 0 Å². The van der Waals surface area contributed by atoms with E-state index in [1.54, 1.807) is 0 Å². The summed E-state index contributed by atoms with van der Waals surface area (Å²) in [6.07, 6.45) is 4.47. The third kappa shape index (κ3) is 2.96. The normalized spacial score (nSPS) is 26.1. The summed E-state index contributed by atoms with van der Waals surface area (Å²) in [7, 11) is 0. The molecule has 0 saturated carbocycles. The van der Waals surface area contributed by atoms with Gasteiger partial charge in [-0.15, -0.1) is 0 Å². The zero-order chi connectivity index (χ0) is 11.4. The second-order valence-electron chi connectivity index (χ2n) is 4.23. The molecule has 88 valence electrons. The molecule has 0 unspecified atom stereocenters. The monoisotopic (exact) mass is 253 g/mol. The molecule has 0 aliphatic carbocycles. The average Bonchev–Trinajstić information content (AvgIpc) is 2.72. The third-order valence-electron chi connectivity index (χ3n) is 3.15. The van der Waals surface area contributed by atoms with Gasteiger partial charge in [0.15, 0.2) is 0 Å². The lowest BCUT2D eigenvalue weighted by molar-refractivity contribution is 0.333. The summed E-state index contributed by atoms with van der Waals surface area (Å²) in [6.45, 7) is 3.58. The maximum Gasteiger partial charge on any atom is 0.0303 e. The summed E-state index contributed by atoms with van der Waals surface area (Å²) in [5, 5.41) is 1.61. The van der Waals surface area contributed by atoms with Crippen LogP contribution >= 0.6 is 23.5 Å². The van der Waals surface area contributed by atoms with Gasteiger partial charge in [-0.1, -0.05) is 30.3 Å². The van der Waals surface area contributed by atoms with Crippen LogP contribution in [0.3, 0.4) is 0 Å². The SMILES string of the molecule is CS[C@@H]1CN(Cc2ccccc2)C[C@H]1SC. The molecule has 0 spiro atoms. The first-order chi connectivity index (χ1) is 7.83. The first-order valence-corrected chi connectivity index (χ1v) is 8.23. The topological polar surface area (TPSA) is 3.24 Å². The van der Waals surface area contributed by atoms with Crippen molar-refractivity contribution in [3.05, 3.63) is 35.9 Å². The van der Waals surface area contributed by atoms with Crippen molar-refractivity contribution in [2.24, 2.45) is 0 Å². The maximum absolute atomic E-state index is 2.58. The van der Waals surface area contributed by atoms with Gasteiger partial charge < -0.3 is 0 Å². The van der Waals surface area contributed by atoms with Crippen LogP contribution in [0.1, 0.15) is 5.56 Å². The Morgan fingerprint density at radius 3 is 2.12 bits per heavy atom. The highest BCUT2D eigenvalue weighted by Crippen LogP contribution is 2.29. The summed E-state index contributed by atoms with van der Waals surface area (Å²) in [5.41, 5.74) is 1.43. The molecule has 3 heteroatoms. The molecule has 0 aromatic heterocycles. The molecule has 1 heterocycles. The van der Waals surface area contributed by atoms with Gasteiger partial charge in [0.25, 0.3) is 0 Å². The Bertz CT molecular complexity index is 303. The summed E-state index contributed by atoms with van der Waals surface area (Å²) in [4.78, 5) is 2.58. The number of hydrogen-bond acceptors (Lipinski definition) is 3. The molecule has 0 radical (unpaired) electrons. The Labute approximate surface area is 107 Å². The van der Waals surface area contributed by atoms with Crippen molar-refractivity contribution in [3.63, 3.8) is 0 Å². The van der Waals surface area contributed by atoms with Crippen molar-refractivity contribution in [1.82, 2.24) is 4.90 Å². The number of hydrogen-bond donors (Lipinski definition) is 0. The molecule has 2 atom stereocenters. The first kappa shape index (κ1) is 12.3. The van der Waals surface area contributed by atoms with Crippen LogP contribution in [0.15, 0.2) is 30.3 Å². The van der Waals surface area contributed by atoms with Crippen molar-refractivity contribution in [1.29, 1.82) is 0 Å². The Morgan fingerprint density at radius 1 is 1.06 bits per heavy atom. The highest BCUT2D eigenvalue weighted by Gasteiger charge is 2.31. The first-order valence-electron chi connectivity index (χ1n) is 5.65. The molecule has 16 heavy (non-hydrogen) atoms. The molecule has 1 aromatic rings. The van der Waals surface area contributed by atoms with E-state index in [2.05, 4.69) is 47.7 Å². The lowest BCUT2D eigenvalue weighted by Crippen LogP contribution is -2.20. The second kappa shape index (κ2) is 5.99. The Balaban J connectivity index is 1.93. The van der Waals surface area contributed by atoms with Crippen LogP contribution in [0.4, 0.5) is 0 Å². The maximum atomic E-state index is 2.58. The van der Waals surface area contributed by atoms with Gasteiger partial charge in [0.2, 0.25) is 0 Å². The highest BCUT2D eigenvalue weighted by atomic mass is 32.2. The van der Waals surface area contributed by atoms with Gasteiger partial charge in [0.05, 0.1) is 0 Å². The van der Waals surface area contributed by atoms with E-state index in [-0.39, 0.29) is 0 Å². The van der Waals surface area contributed by atoms with Crippen molar-refractivity contribution in [3.8, 4) is 0 Å². The van der Waals surface area contributed by atoms with Crippen LogP contribution in [0.5, 0.6) is 0 Å². The second-order valence-corrected chi connectivity index (χ2v) is 6.38. The summed E-state index contributed by atoms with van der Waals surface area (Å²) < 4.78 is 0. The zero-order valence-electron chi connectivity index (χ0n) is 9.93. The van der Waals surface area contributed by atoms with Crippen molar-refractivity contribution >= 4 is 23.5 Å². The van der Waals surface area contributed by atoms with Gasteiger partial charge in [-0.25, -0.2) is 0 Å². The minimum atomic E-state index is 0.804. The minimum absolute atomic E-state index is 0.804. The molecule has 1 aliphatic rings. The largest absolute Gasteiger partial charge is 0.297 e. The van der Waals surface area contributed by atoms with E-state index in [1.165, 1.54) is 18.7 Å². The molecule has 0 amide bonds. The zero-order valence-corrected chi connectivity index (χ0v) is 11.6. The Morgan fingerprint density at radius 2 is 1.62 bits per heavy atom. The average molecular weight is 253 g/mol. The molecule has 1 fully saturated rings. The predicted molar refractivity (Wildman–Crippen MR) is 76.3 cm³/mol. The van der Waals surface area contributed by atoms with Gasteiger partial charge in [-0.2, -0.15) is 23.5 Å². The van der Waals surface area contributed by atoms with Crippen LogP contribution in [-0.4, -0.2) is 41.0 Å². The quantitative estimate of drug-likeness (QED) is 0.812. The standard InChI is InChI=1S/C13H19NS2/c1-15-12-9-14(10-13(12)16-2)8-11-6-4-3-5-7-11/h3-7,12-13H,8-10H2,1-2H3/t12-,13-/m1/s1. The van der Waals surface area contributed by atoms with Gasteiger partial charge in [-0.3, -0.25) is 4.90 Å². The highest BCUT2D eigenvalue weighted by molar-refractivity contribution is 8.03. The number of thioether (sulfide) groups is 2. The summed E-state index contributed by atoms with van der Waals surface area (Å²) in [5.74, 6) is 0. The van der Waals surface area contributed by atoms with E-state index >= 15 is 0 Å². The molecular formula is C13H19NS2. The smallest absolute Gasteiger partial charge is 0.0303 e. The predicted octanol–water partition coefficient (Wildman–Crippen LogP) is 2.97. The van der Waals surface area contributed by atoms with Crippen LogP contribution in [0, 0.1) is 0 Å². The molecule has 1 saturated heterocycles. The van der Waals surface area contributed by atoms with E-state index in [1.807, 2.05) is 23.5 Å². The molecule has 1 nitrogen and oxygen atoms in total. The van der Waals surface area contributed by atoms with Crippen LogP contribution in [0.2, 0.25) is 0 Å². The summed E-state index contributed by atoms with van der Waals surface area (Å²) in [6, 6.07) is 10.8. The fourth-order valence-electron chi connectivity index (χ4n) is 2.24. The van der Waals surface area contributed by atoms with E-state index in [0.29, 0.717) is 0 Å². The fraction of sp³-hybridized carbons (Fsp3) is 0.538. The molecule has 2 rings (SSSR count). The number of likely N-dealkylation sites (tertiary alicyclic amines) is 1. The number of nitrogens with zero attached hydrogens (tertiary/aromatic N) is 1. The van der Waals surface area contributed by atoms with Gasteiger partial charge in [-0.05, 0) is 18.1 Å². The van der Waals surface area contributed by atoms with Gasteiger partial charge >= 0.3 is 0 Å². The lowest BCUT2D eigenvalue weighted by Gasteiger charge is -2.15. The fourth-order valence-corrected chi connectivity index (χ4v) is 4.41. The Kier molecular flexibility index (Phi) is 4.62. The van der Waals surface area contributed by atoms with E-state index < -0.39 is 0 Å². The van der Waals surface area contributed by atoms with Crippen molar-refractivity contribution in [2.75, 3.05) is 25.6 Å². The van der Waals surface area contributed by atoms with Gasteiger partial charge in [0.1, 0.15) is 0 Å². The minimum Gasteiger partial charge on any atom is -0.297 e. The molecule has 1 aromatic carbocycles. The van der Waals surface area contributed by atoms with E-state index in [0.717, 1.165) is 17.0 Å². The van der Waals surface area contributed by atoms with Crippen molar-refractivity contribution < 1.29 is 0 Å². The summed E-state index contributed by atoms with van der Waals surface area (Å²) >= 11 is 4.03. The van der Waals surface area contributed by atoms with E-state index in [9.17, 15) is 0 Å². The van der Waals surface area contributed by atoms with Crippen molar-refractivity contribution in [2.45, 2.75) is 17.0 Å². The molecular weight excluding hydrogens is 234 g/mol. The molecule has 0 N–H and O–H groups in total. The number of benzene rings is 1. The van der Waals surface area contributed by atoms with Crippen LogP contribution in [-0.2, 0) is 6.54 Å².